The lowest BCUT2D eigenvalue weighted by molar-refractivity contribution is -0.870. The van der Waals surface area contributed by atoms with Crippen LogP contribution in [0.1, 0.15) is 168 Å². The zero-order chi connectivity index (χ0) is 49.9. The summed E-state index contributed by atoms with van der Waals surface area (Å²) in [6.45, 7) is 4.52. The molecule has 0 aromatic rings. The highest BCUT2D eigenvalue weighted by Gasteiger charge is 2.27. The van der Waals surface area contributed by atoms with Gasteiger partial charge in [0.1, 0.15) is 13.2 Å². The first kappa shape index (κ1) is 64.4. The van der Waals surface area contributed by atoms with Gasteiger partial charge in [-0.1, -0.05) is 205 Å². The van der Waals surface area contributed by atoms with Crippen LogP contribution in [0.25, 0.3) is 0 Å². The molecule has 0 aromatic carbocycles. The number of allylic oxidation sites excluding steroid dienone is 23. The second kappa shape index (κ2) is 48.4. The van der Waals surface area contributed by atoms with E-state index in [1.165, 1.54) is 25.7 Å². The van der Waals surface area contributed by atoms with Crippen LogP contribution in [0.2, 0.25) is 0 Å². The molecule has 68 heavy (non-hydrogen) atoms. The molecule has 0 aliphatic heterocycles. The molecule has 3 atom stereocenters. The van der Waals surface area contributed by atoms with Gasteiger partial charge in [-0.05, 0) is 103 Å². The number of rotatable bonds is 45. The minimum absolute atomic E-state index is 0.0461. The van der Waals surface area contributed by atoms with Crippen molar-refractivity contribution in [2.75, 3.05) is 40.9 Å². The highest BCUT2D eigenvalue weighted by Crippen LogP contribution is 2.43. The van der Waals surface area contributed by atoms with Crippen LogP contribution in [0.5, 0.6) is 0 Å². The van der Waals surface area contributed by atoms with Crippen LogP contribution in [-0.4, -0.2) is 73.4 Å². The van der Waals surface area contributed by atoms with Crippen LogP contribution in [0.15, 0.2) is 146 Å². The lowest BCUT2D eigenvalue weighted by Crippen LogP contribution is -2.45. The predicted octanol–water partition coefficient (Wildman–Crippen LogP) is 15.7. The topological polar surface area (TPSA) is 105 Å². The molecule has 1 amide bonds. The molecule has 9 heteroatoms. The van der Waals surface area contributed by atoms with E-state index >= 15 is 0 Å². The highest BCUT2D eigenvalue weighted by atomic mass is 31.2. The molecule has 0 rings (SSSR count). The van der Waals surface area contributed by atoms with Crippen LogP contribution < -0.4 is 5.32 Å². The Kier molecular flexibility index (Phi) is 45.8. The van der Waals surface area contributed by atoms with Gasteiger partial charge in [-0.3, -0.25) is 13.8 Å². The number of amides is 1. The smallest absolute Gasteiger partial charge is 0.387 e. The number of likely N-dealkylation sites (N-methyl/N-ethyl adjacent to an activating group) is 1. The summed E-state index contributed by atoms with van der Waals surface area (Å²) in [6, 6.07) is -0.875. The minimum Gasteiger partial charge on any atom is -0.387 e. The number of phosphoric acid groups is 1. The van der Waals surface area contributed by atoms with Crippen molar-refractivity contribution in [1.29, 1.82) is 0 Å². The zero-order valence-corrected chi connectivity index (χ0v) is 44.4. The number of aliphatic hydroxyl groups is 1. The first-order valence-corrected chi connectivity index (χ1v) is 27.7. The number of carbonyl (C=O) groups is 1. The highest BCUT2D eigenvalue weighted by molar-refractivity contribution is 7.47. The number of nitrogens with one attached hydrogen (secondary N) is 1. The summed E-state index contributed by atoms with van der Waals surface area (Å²) >= 11 is 0. The number of aliphatic hydroxyl groups excluding tert-OH is 1. The van der Waals surface area contributed by atoms with E-state index in [1.807, 2.05) is 27.2 Å². The number of quaternary nitrogens is 1. The lowest BCUT2D eigenvalue weighted by Gasteiger charge is -2.25. The summed E-state index contributed by atoms with van der Waals surface area (Å²) in [6.07, 6.45) is 75.5. The molecule has 384 valence electrons. The fraction of sp³-hybridized carbons (Fsp3) is 0.576. The molecule has 8 nitrogen and oxygen atoms in total. The molecule has 3 N–H and O–H groups in total. The molecule has 3 unspecified atom stereocenters. The standard InChI is InChI=1S/C59H97N2O6P/c1-6-8-10-12-14-15-16-17-18-19-20-21-22-23-24-25-26-27-28-29-30-31-32-33-34-35-36-37-38-39-40-41-42-43-44-45-47-49-51-53-59(63)60-57(58(62)52-50-48-46-13-11-9-7-2)56-67-68(64,65)66-55-54-61(3,4)5/h8,10-11,13-15,17-18,20-21,23-24,26-27,29-30,32-33,35-36,38-39,50,52,57-58,62H,6-7,9,12,16,19,22,25,28,31,34,37,40-49,51,53-56H2,1-5H3,(H-,60,63,64,65)/p+1/b10-8-,13-11+,15-14-,18-17-,21-20-,24-23-,27-26-,30-29-,33-32-,36-35-,39-38-,52-50+. The van der Waals surface area contributed by atoms with E-state index < -0.39 is 20.0 Å². The second-order valence-corrected chi connectivity index (χ2v) is 19.6. The van der Waals surface area contributed by atoms with Crippen LogP contribution >= 0.6 is 7.82 Å². The zero-order valence-electron chi connectivity index (χ0n) is 43.5. The third-order valence-corrected chi connectivity index (χ3v) is 11.5. The average molecular weight is 962 g/mol. The normalized spacial score (nSPS) is 15.2. The number of unbranched alkanes of at least 4 members (excludes halogenated alkanes) is 10. The minimum atomic E-state index is -4.35. The van der Waals surface area contributed by atoms with Gasteiger partial charge in [0.15, 0.2) is 0 Å². The predicted molar refractivity (Wildman–Crippen MR) is 294 cm³/mol. The number of hydrogen-bond donors (Lipinski definition) is 3. The van der Waals surface area contributed by atoms with Crippen molar-refractivity contribution in [2.24, 2.45) is 0 Å². The van der Waals surface area contributed by atoms with E-state index in [2.05, 4.69) is 153 Å². The molecule has 0 heterocycles. The molecule has 0 aromatic heterocycles. The first-order valence-electron chi connectivity index (χ1n) is 26.2. The van der Waals surface area contributed by atoms with E-state index in [4.69, 9.17) is 9.05 Å². The fourth-order valence-corrected chi connectivity index (χ4v) is 7.18. The van der Waals surface area contributed by atoms with Crippen molar-refractivity contribution in [2.45, 2.75) is 180 Å². The Balaban J connectivity index is 4.04. The molecular weight excluding hydrogens is 864 g/mol. The molecule has 0 saturated carbocycles. The SMILES string of the molecule is CC/C=C\C/C=C\C/C=C\C/C=C\C/C=C\C/C=C\C/C=C\C/C=C\C/C=C\C/C=C\CCCCCCCCCCC(=O)NC(COP(=O)(O)OCC[N+](C)(C)C)C(O)/C=C/CC/C=C/CCC. The maximum Gasteiger partial charge on any atom is 0.472 e. The first-order chi connectivity index (χ1) is 33.0. The summed E-state index contributed by atoms with van der Waals surface area (Å²) in [5.74, 6) is -0.208. The van der Waals surface area contributed by atoms with Gasteiger partial charge in [-0.15, -0.1) is 0 Å². The summed E-state index contributed by atoms with van der Waals surface area (Å²) in [4.78, 5) is 23.0. The van der Waals surface area contributed by atoms with Gasteiger partial charge in [-0.2, -0.15) is 0 Å². The van der Waals surface area contributed by atoms with Gasteiger partial charge in [0.05, 0.1) is 39.9 Å². The Labute approximate surface area is 417 Å². The van der Waals surface area contributed by atoms with Gasteiger partial charge in [0.2, 0.25) is 5.91 Å². The van der Waals surface area contributed by atoms with E-state index in [-0.39, 0.29) is 19.1 Å². The number of nitrogens with zero attached hydrogens (tertiary/aromatic N) is 1. The molecule has 0 bridgehead atoms. The van der Waals surface area contributed by atoms with E-state index in [0.717, 1.165) is 122 Å². The van der Waals surface area contributed by atoms with Gasteiger partial charge in [0, 0.05) is 6.42 Å². The molecule has 0 radical (unpaired) electrons. The average Bonchev–Trinajstić information content (AvgIpc) is 3.30. The van der Waals surface area contributed by atoms with E-state index in [9.17, 15) is 19.4 Å². The van der Waals surface area contributed by atoms with Crippen molar-refractivity contribution in [3.63, 3.8) is 0 Å². The lowest BCUT2D eigenvalue weighted by atomic mass is 10.1. The summed E-state index contributed by atoms with van der Waals surface area (Å²) < 4.78 is 23.4. The third kappa shape index (κ3) is 50.3. The Bertz CT molecular complexity index is 1610. The number of phosphoric ester groups is 1. The summed E-state index contributed by atoms with van der Waals surface area (Å²) in [5.41, 5.74) is 0. The monoisotopic (exact) mass is 962 g/mol. The third-order valence-electron chi connectivity index (χ3n) is 10.5. The fourth-order valence-electron chi connectivity index (χ4n) is 6.44. The van der Waals surface area contributed by atoms with Gasteiger partial charge in [0.25, 0.3) is 0 Å². The number of hydrogen-bond acceptors (Lipinski definition) is 5. The summed E-state index contributed by atoms with van der Waals surface area (Å²) in [7, 11) is 1.52. The van der Waals surface area contributed by atoms with E-state index in [1.54, 1.807) is 6.08 Å². The van der Waals surface area contributed by atoms with Crippen molar-refractivity contribution in [1.82, 2.24) is 5.32 Å². The maximum atomic E-state index is 12.8. The van der Waals surface area contributed by atoms with Crippen LogP contribution in [-0.2, 0) is 18.4 Å². The quantitative estimate of drug-likeness (QED) is 0.0243. The summed E-state index contributed by atoms with van der Waals surface area (Å²) in [5, 5.41) is 13.7. The van der Waals surface area contributed by atoms with Crippen molar-refractivity contribution >= 4 is 13.7 Å². The molecule has 0 aliphatic carbocycles. The molecule has 0 fully saturated rings. The number of carbonyl (C=O) groups excluding carboxylic acids is 1. The Hall–Kier alpha value is -3.62. The maximum absolute atomic E-state index is 12.8. The van der Waals surface area contributed by atoms with Crippen molar-refractivity contribution in [3.8, 4) is 0 Å². The largest absolute Gasteiger partial charge is 0.472 e. The molecule has 0 saturated heterocycles. The van der Waals surface area contributed by atoms with Crippen molar-refractivity contribution < 1.29 is 32.9 Å². The second-order valence-electron chi connectivity index (χ2n) is 18.2. The van der Waals surface area contributed by atoms with Crippen LogP contribution in [0, 0.1) is 0 Å². The Morgan fingerprint density at radius 1 is 0.515 bits per heavy atom. The Morgan fingerprint density at radius 3 is 1.34 bits per heavy atom. The molecule has 0 aliphatic rings. The van der Waals surface area contributed by atoms with Gasteiger partial charge in [-0.25, -0.2) is 4.57 Å². The Morgan fingerprint density at radius 2 is 0.897 bits per heavy atom. The van der Waals surface area contributed by atoms with Gasteiger partial charge >= 0.3 is 7.82 Å². The van der Waals surface area contributed by atoms with Crippen LogP contribution in [0.4, 0.5) is 0 Å². The molecule has 0 spiro atoms. The van der Waals surface area contributed by atoms with Gasteiger partial charge < -0.3 is 19.8 Å². The molecular formula is C59H98N2O6P+. The van der Waals surface area contributed by atoms with Crippen LogP contribution in [0.3, 0.4) is 0 Å². The van der Waals surface area contributed by atoms with E-state index in [0.29, 0.717) is 17.4 Å². The van der Waals surface area contributed by atoms with Crippen molar-refractivity contribution in [3.05, 3.63) is 146 Å².